The van der Waals surface area contributed by atoms with Crippen molar-refractivity contribution in [3.8, 4) is 17.1 Å². The molecule has 4 aromatic rings. The zero-order valence-corrected chi connectivity index (χ0v) is 14.1. The SMILES string of the molecule is Nc1c2nc(-c3ccsc3)[nH]c(=O)c2nc(=O)n1-c1ccc(Cl)cc1. The monoisotopic (exact) mass is 371 g/mol. The molecule has 0 amide bonds. The normalized spacial score (nSPS) is 11.1. The van der Waals surface area contributed by atoms with E-state index in [1.165, 1.54) is 15.9 Å². The van der Waals surface area contributed by atoms with Gasteiger partial charge in [-0.2, -0.15) is 16.3 Å². The Hall–Kier alpha value is -2.97. The van der Waals surface area contributed by atoms with Crippen LogP contribution in [0.2, 0.25) is 5.02 Å². The molecule has 124 valence electrons. The Morgan fingerprint density at radius 2 is 1.84 bits per heavy atom. The van der Waals surface area contributed by atoms with Crippen LogP contribution in [-0.4, -0.2) is 19.5 Å². The number of aromatic amines is 1. The van der Waals surface area contributed by atoms with Gasteiger partial charge in [-0.05, 0) is 35.7 Å². The Morgan fingerprint density at radius 3 is 2.52 bits per heavy atom. The lowest BCUT2D eigenvalue weighted by molar-refractivity contribution is 0.938. The van der Waals surface area contributed by atoms with Gasteiger partial charge < -0.3 is 10.7 Å². The minimum atomic E-state index is -0.664. The van der Waals surface area contributed by atoms with Gasteiger partial charge in [-0.1, -0.05) is 11.6 Å². The largest absolute Gasteiger partial charge is 0.383 e. The zero-order valence-electron chi connectivity index (χ0n) is 12.6. The fourth-order valence-electron chi connectivity index (χ4n) is 2.48. The Labute approximate surface area is 149 Å². The van der Waals surface area contributed by atoms with Crippen LogP contribution >= 0.6 is 22.9 Å². The highest BCUT2D eigenvalue weighted by Gasteiger charge is 2.16. The number of fused-ring (bicyclic) bond motifs is 1. The van der Waals surface area contributed by atoms with Gasteiger partial charge in [-0.15, -0.1) is 0 Å². The first-order valence-electron chi connectivity index (χ1n) is 7.15. The third-order valence-corrected chi connectivity index (χ3v) is 4.59. The second-order valence-electron chi connectivity index (χ2n) is 5.22. The van der Waals surface area contributed by atoms with Crippen LogP contribution in [0.15, 0.2) is 50.7 Å². The maximum Gasteiger partial charge on any atom is 0.354 e. The Bertz CT molecular complexity index is 1200. The number of nitrogens with two attached hydrogens (primary N) is 1. The molecule has 0 saturated heterocycles. The second kappa shape index (κ2) is 5.83. The van der Waals surface area contributed by atoms with Crippen molar-refractivity contribution in [1.82, 2.24) is 19.5 Å². The zero-order chi connectivity index (χ0) is 17.6. The van der Waals surface area contributed by atoms with Gasteiger partial charge in [0.1, 0.15) is 17.2 Å². The predicted molar refractivity (Wildman–Crippen MR) is 98.5 cm³/mol. The minimum Gasteiger partial charge on any atom is -0.383 e. The van der Waals surface area contributed by atoms with E-state index in [0.717, 1.165) is 5.56 Å². The fraction of sp³-hybridized carbons (Fsp3) is 0. The summed E-state index contributed by atoms with van der Waals surface area (Å²) in [6, 6.07) is 8.37. The highest BCUT2D eigenvalue weighted by atomic mass is 35.5. The van der Waals surface area contributed by atoms with E-state index >= 15 is 0 Å². The number of H-pyrrole nitrogens is 1. The third kappa shape index (κ3) is 2.61. The number of nitrogen functional groups attached to an aromatic ring is 1. The van der Waals surface area contributed by atoms with Gasteiger partial charge >= 0.3 is 5.69 Å². The molecule has 0 radical (unpaired) electrons. The first-order valence-corrected chi connectivity index (χ1v) is 8.48. The van der Waals surface area contributed by atoms with Crippen LogP contribution in [0.1, 0.15) is 0 Å². The molecule has 3 heterocycles. The topological polar surface area (TPSA) is 107 Å². The van der Waals surface area contributed by atoms with Crippen LogP contribution < -0.4 is 17.0 Å². The van der Waals surface area contributed by atoms with Crippen LogP contribution in [0, 0.1) is 0 Å². The van der Waals surface area contributed by atoms with Gasteiger partial charge in [0.25, 0.3) is 5.56 Å². The average molecular weight is 372 g/mol. The van der Waals surface area contributed by atoms with E-state index in [1.54, 1.807) is 24.3 Å². The van der Waals surface area contributed by atoms with Crippen molar-refractivity contribution < 1.29 is 0 Å². The van der Waals surface area contributed by atoms with E-state index in [9.17, 15) is 9.59 Å². The molecule has 0 saturated carbocycles. The predicted octanol–water partition coefficient (Wildman–Crippen LogP) is 2.43. The molecule has 0 aliphatic rings. The number of anilines is 1. The van der Waals surface area contributed by atoms with Crippen molar-refractivity contribution in [3.05, 3.63) is 67.0 Å². The van der Waals surface area contributed by atoms with Crippen molar-refractivity contribution >= 4 is 39.8 Å². The van der Waals surface area contributed by atoms with E-state index in [-0.39, 0.29) is 16.9 Å². The Morgan fingerprint density at radius 1 is 1.08 bits per heavy atom. The van der Waals surface area contributed by atoms with E-state index in [4.69, 9.17) is 17.3 Å². The molecule has 9 heteroatoms. The molecule has 0 aliphatic carbocycles. The van der Waals surface area contributed by atoms with Crippen molar-refractivity contribution in [2.45, 2.75) is 0 Å². The third-order valence-electron chi connectivity index (χ3n) is 3.66. The molecule has 0 atom stereocenters. The standard InChI is InChI=1S/C16H10ClN5O2S/c17-9-1-3-10(4-2-9)22-13(18)11-12(20-16(22)24)15(23)21-14(19-11)8-5-6-25-7-8/h1-7H,18H2,(H,19,21,23). The summed E-state index contributed by atoms with van der Waals surface area (Å²) in [5.74, 6) is 0.411. The van der Waals surface area contributed by atoms with E-state index in [1.807, 2.05) is 16.8 Å². The van der Waals surface area contributed by atoms with Crippen molar-refractivity contribution in [3.63, 3.8) is 0 Å². The maximum atomic E-state index is 12.4. The average Bonchev–Trinajstić information content (AvgIpc) is 3.12. The summed E-state index contributed by atoms with van der Waals surface area (Å²) in [6.07, 6.45) is 0. The smallest absolute Gasteiger partial charge is 0.354 e. The van der Waals surface area contributed by atoms with E-state index in [0.29, 0.717) is 16.5 Å². The molecule has 3 aromatic heterocycles. The molecule has 0 spiro atoms. The first kappa shape index (κ1) is 15.6. The quantitative estimate of drug-likeness (QED) is 0.562. The molecule has 3 N–H and O–H groups in total. The van der Waals surface area contributed by atoms with Crippen LogP contribution in [0.25, 0.3) is 28.1 Å². The van der Waals surface area contributed by atoms with Crippen molar-refractivity contribution in [1.29, 1.82) is 0 Å². The number of nitrogens with one attached hydrogen (secondary N) is 1. The number of thiophene rings is 1. The second-order valence-corrected chi connectivity index (χ2v) is 6.43. The number of halogens is 1. The molecule has 4 rings (SSSR count). The van der Waals surface area contributed by atoms with Gasteiger partial charge in [0, 0.05) is 16.0 Å². The molecule has 25 heavy (non-hydrogen) atoms. The Balaban J connectivity index is 2.04. The Kier molecular flexibility index (Phi) is 3.63. The summed E-state index contributed by atoms with van der Waals surface area (Å²) in [7, 11) is 0. The summed E-state index contributed by atoms with van der Waals surface area (Å²) >= 11 is 7.36. The van der Waals surface area contributed by atoms with Crippen molar-refractivity contribution in [2.75, 3.05) is 5.73 Å². The van der Waals surface area contributed by atoms with Gasteiger partial charge in [0.15, 0.2) is 5.52 Å². The number of aromatic nitrogens is 4. The van der Waals surface area contributed by atoms with E-state index in [2.05, 4.69) is 15.0 Å². The van der Waals surface area contributed by atoms with Crippen LogP contribution in [0.5, 0.6) is 0 Å². The lowest BCUT2D eigenvalue weighted by atomic mass is 10.3. The molecule has 1 aromatic carbocycles. The van der Waals surface area contributed by atoms with Crippen LogP contribution in [0.3, 0.4) is 0 Å². The van der Waals surface area contributed by atoms with Crippen LogP contribution in [0.4, 0.5) is 5.82 Å². The molecule has 0 aliphatic heterocycles. The summed E-state index contributed by atoms with van der Waals surface area (Å²) in [6.45, 7) is 0. The maximum absolute atomic E-state index is 12.4. The number of nitrogens with zero attached hydrogens (tertiary/aromatic N) is 3. The number of benzene rings is 1. The molecule has 0 fully saturated rings. The molecule has 0 unspecified atom stereocenters. The molecular weight excluding hydrogens is 362 g/mol. The molecule has 0 bridgehead atoms. The molecule has 7 nitrogen and oxygen atoms in total. The summed E-state index contributed by atoms with van der Waals surface area (Å²) in [5.41, 5.74) is 6.30. The number of hydrogen-bond acceptors (Lipinski definition) is 6. The lowest BCUT2D eigenvalue weighted by Gasteiger charge is -2.11. The fourth-order valence-corrected chi connectivity index (χ4v) is 3.25. The highest BCUT2D eigenvalue weighted by molar-refractivity contribution is 7.08. The minimum absolute atomic E-state index is 0.0416. The van der Waals surface area contributed by atoms with E-state index < -0.39 is 11.2 Å². The lowest BCUT2D eigenvalue weighted by Crippen LogP contribution is -2.27. The summed E-state index contributed by atoms with van der Waals surface area (Å²) in [4.78, 5) is 35.6. The summed E-state index contributed by atoms with van der Waals surface area (Å²) < 4.78 is 1.20. The van der Waals surface area contributed by atoms with Gasteiger partial charge in [0.2, 0.25) is 0 Å². The van der Waals surface area contributed by atoms with Crippen LogP contribution in [-0.2, 0) is 0 Å². The number of hydrogen-bond donors (Lipinski definition) is 2. The van der Waals surface area contributed by atoms with Crippen molar-refractivity contribution in [2.24, 2.45) is 0 Å². The molecular formula is C16H10ClN5O2S. The highest BCUT2D eigenvalue weighted by Crippen LogP contribution is 2.22. The van der Waals surface area contributed by atoms with Gasteiger partial charge in [0.05, 0.1) is 5.69 Å². The number of rotatable bonds is 2. The van der Waals surface area contributed by atoms with Gasteiger partial charge in [-0.25, -0.2) is 14.3 Å². The van der Waals surface area contributed by atoms with Gasteiger partial charge in [-0.3, -0.25) is 4.79 Å². The summed E-state index contributed by atoms with van der Waals surface area (Å²) in [5, 5.41) is 4.25. The first-order chi connectivity index (χ1) is 12.0.